The topological polar surface area (TPSA) is 56.3 Å². The molecule has 1 aromatic rings. The van der Waals surface area contributed by atoms with Crippen molar-refractivity contribution in [2.24, 2.45) is 23.7 Å². The molecule has 4 heteroatoms. The van der Waals surface area contributed by atoms with Gasteiger partial charge in [-0.2, -0.15) is 0 Å². The summed E-state index contributed by atoms with van der Waals surface area (Å²) in [5.74, 6) is 0.0983. The SMILES string of the molecule is CCOC(=O)C(Cc1ccccn1)C(=O)[C@H]1CC[C@H](C2C=CC=CC2)CC1. The highest BCUT2D eigenvalue weighted by molar-refractivity contribution is 6.00. The molecule has 1 aromatic heterocycles. The zero-order chi connectivity index (χ0) is 19.1. The molecule has 2 unspecified atom stereocenters. The number of esters is 1. The van der Waals surface area contributed by atoms with Crippen molar-refractivity contribution in [2.75, 3.05) is 6.61 Å². The van der Waals surface area contributed by atoms with Gasteiger partial charge in [0.2, 0.25) is 0 Å². The van der Waals surface area contributed by atoms with Crippen molar-refractivity contribution in [3.05, 3.63) is 54.4 Å². The van der Waals surface area contributed by atoms with Crippen molar-refractivity contribution in [1.29, 1.82) is 0 Å². The summed E-state index contributed by atoms with van der Waals surface area (Å²) in [6.07, 6.45) is 15.7. The van der Waals surface area contributed by atoms with Gasteiger partial charge in [0.25, 0.3) is 0 Å². The zero-order valence-electron chi connectivity index (χ0n) is 16.0. The summed E-state index contributed by atoms with van der Waals surface area (Å²) in [5, 5.41) is 0. The van der Waals surface area contributed by atoms with Crippen LogP contribution in [0.15, 0.2) is 48.7 Å². The van der Waals surface area contributed by atoms with Crippen LogP contribution in [0, 0.1) is 23.7 Å². The summed E-state index contributed by atoms with van der Waals surface area (Å²) in [4.78, 5) is 29.9. The largest absolute Gasteiger partial charge is 0.465 e. The fourth-order valence-electron chi connectivity index (χ4n) is 4.34. The lowest BCUT2D eigenvalue weighted by atomic mass is 9.71. The minimum Gasteiger partial charge on any atom is -0.465 e. The van der Waals surface area contributed by atoms with Gasteiger partial charge in [-0.15, -0.1) is 0 Å². The Hall–Kier alpha value is -2.23. The summed E-state index contributed by atoms with van der Waals surface area (Å²) in [7, 11) is 0. The molecule has 1 heterocycles. The van der Waals surface area contributed by atoms with Crippen LogP contribution in [0.5, 0.6) is 0 Å². The molecule has 4 nitrogen and oxygen atoms in total. The van der Waals surface area contributed by atoms with E-state index in [1.165, 1.54) is 0 Å². The Morgan fingerprint density at radius 1 is 1.19 bits per heavy atom. The molecule has 0 spiro atoms. The summed E-state index contributed by atoms with van der Waals surface area (Å²) in [6.45, 7) is 2.07. The summed E-state index contributed by atoms with van der Waals surface area (Å²) in [5.41, 5.74) is 0.761. The van der Waals surface area contributed by atoms with E-state index in [1.54, 1.807) is 13.1 Å². The third-order valence-corrected chi connectivity index (χ3v) is 5.85. The van der Waals surface area contributed by atoms with Gasteiger partial charge in [-0.3, -0.25) is 14.6 Å². The van der Waals surface area contributed by atoms with Gasteiger partial charge in [-0.05, 0) is 63.0 Å². The highest BCUT2D eigenvalue weighted by Gasteiger charge is 2.36. The van der Waals surface area contributed by atoms with Gasteiger partial charge in [-0.1, -0.05) is 30.4 Å². The maximum absolute atomic E-state index is 13.1. The first-order valence-electron chi connectivity index (χ1n) is 10.1. The van der Waals surface area contributed by atoms with E-state index in [0.29, 0.717) is 24.9 Å². The Bertz CT molecular complexity index is 687. The summed E-state index contributed by atoms with van der Waals surface area (Å²) in [6, 6.07) is 5.58. The van der Waals surface area contributed by atoms with Crippen LogP contribution in [-0.4, -0.2) is 23.3 Å². The second kappa shape index (κ2) is 9.63. The van der Waals surface area contributed by atoms with E-state index in [4.69, 9.17) is 4.74 Å². The molecular formula is C23H29NO3. The molecule has 1 fully saturated rings. The van der Waals surface area contributed by atoms with E-state index in [-0.39, 0.29) is 11.7 Å². The Morgan fingerprint density at radius 3 is 2.63 bits per heavy atom. The summed E-state index contributed by atoms with van der Waals surface area (Å²) >= 11 is 0. The van der Waals surface area contributed by atoms with Crippen molar-refractivity contribution in [3.8, 4) is 0 Å². The predicted molar refractivity (Wildman–Crippen MR) is 105 cm³/mol. The fourth-order valence-corrected chi connectivity index (χ4v) is 4.34. The number of hydrogen-bond donors (Lipinski definition) is 0. The number of Topliss-reactive ketones (excluding diaryl/α,β-unsaturated/α-hetero) is 1. The van der Waals surface area contributed by atoms with Crippen molar-refractivity contribution < 1.29 is 14.3 Å². The molecule has 1 saturated carbocycles. The smallest absolute Gasteiger partial charge is 0.316 e. The molecule has 0 aliphatic heterocycles. The third-order valence-electron chi connectivity index (χ3n) is 5.85. The van der Waals surface area contributed by atoms with E-state index in [9.17, 15) is 9.59 Å². The van der Waals surface area contributed by atoms with Crippen LogP contribution in [0.25, 0.3) is 0 Å². The van der Waals surface area contributed by atoms with Crippen LogP contribution in [0.4, 0.5) is 0 Å². The first-order chi connectivity index (χ1) is 13.2. The van der Waals surface area contributed by atoms with Crippen molar-refractivity contribution in [2.45, 2.75) is 45.4 Å². The molecule has 0 N–H and O–H groups in total. The molecule has 0 bridgehead atoms. The standard InChI is InChI=1S/C23H29NO3/c1-2-27-23(26)21(16-20-10-6-7-15-24-20)22(25)19-13-11-18(12-14-19)17-8-4-3-5-9-17/h3-8,10,15,17-19,21H,2,9,11-14,16H2,1H3/t17?,18-,19-,21?. The first kappa shape index (κ1) is 19.5. The molecule has 2 aliphatic rings. The van der Waals surface area contributed by atoms with Crippen LogP contribution in [0.3, 0.4) is 0 Å². The number of ketones is 1. The first-order valence-corrected chi connectivity index (χ1v) is 10.1. The molecule has 27 heavy (non-hydrogen) atoms. The number of carbonyl (C=O) groups is 2. The second-order valence-electron chi connectivity index (χ2n) is 7.56. The maximum Gasteiger partial charge on any atom is 0.316 e. The van der Waals surface area contributed by atoms with Gasteiger partial charge >= 0.3 is 5.97 Å². The molecule has 0 saturated heterocycles. The van der Waals surface area contributed by atoms with Gasteiger partial charge in [0.05, 0.1) is 6.61 Å². The molecule has 2 atom stereocenters. The second-order valence-corrected chi connectivity index (χ2v) is 7.56. The molecule has 0 aromatic carbocycles. The van der Waals surface area contributed by atoms with E-state index in [1.807, 2.05) is 18.2 Å². The van der Waals surface area contributed by atoms with E-state index >= 15 is 0 Å². The molecule has 144 valence electrons. The number of allylic oxidation sites excluding steroid dienone is 4. The van der Waals surface area contributed by atoms with Crippen LogP contribution in [0.2, 0.25) is 0 Å². The Labute approximate surface area is 161 Å². The van der Waals surface area contributed by atoms with Crippen molar-refractivity contribution >= 4 is 11.8 Å². The highest BCUT2D eigenvalue weighted by atomic mass is 16.5. The predicted octanol–water partition coefficient (Wildman–Crippen LogP) is 4.31. The minimum atomic E-state index is -0.737. The monoisotopic (exact) mass is 367 g/mol. The Balaban J connectivity index is 1.62. The Kier molecular flexibility index (Phi) is 6.97. The Morgan fingerprint density at radius 2 is 2.00 bits per heavy atom. The van der Waals surface area contributed by atoms with E-state index < -0.39 is 11.9 Å². The number of rotatable bonds is 7. The van der Waals surface area contributed by atoms with Crippen molar-refractivity contribution in [3.63, 3.8) is 0 Å². The van der Waals surface area contributed by atoms with Crippen LogP contribution in [0.1, 0.15) is 44.7 Å². The van der Waals surface area contributed by atoms with E-state index in [2.05, 4.69) is 29.3 Å². The van der Waals surface area contributed by atoms with Gasteiger partial charge in [0.1, 0.15) is 5.92 Å². The number of ether oxygens (including phenoxy) is 1. The third kappa shape index (κ3) is 5.15. The number of aromatic nitrogens is 1. The lowest BCUT2D eigenvalue weighted by molar-refractivity contribution is -0.153. The highest BCUT2D eigenvalue weighted by Crippen LogP contribution is 2.38. The van der Waals surface area contributed by atoms with Crippen molar-refractivity contribution in [1.82, 2.24) is 4.98 Å². The van der Waals surface area contributed by atoms with Crippen LogP contribution >= 0.6 is 0 Å². The maximum atomic E-state index is 13.1. The number of hydrogen-bond acceptors (Lipinski definition) is 4. The van der Waals surface area contributed by atoms with Gasteiger partial charge in [0, 0.05) is 24.2 Å². The lowest BCUT2D eigenvalue weighted by Gasteiger charge is -2.33. The number of pyridine rings is 1. The molecule has 2 aliphatic carbocycles. The average molecular weight is 367 g/mol. The molecule has 0 radical (unpaired) electrons. The van der Waals surface area contributed by atoms with Gasteiger partial charge < -0.3 is 4.74 Å². The minimum absolute atomic E-state index is 0.0386. The molecule has 3 rings (SSSR count). The normalized spacial score (nSPS) is 25.7. The fraction of sp³-hybridized carbons (Fsp3) is 0.522. The molecule has 0 amide bonds. The molecular weight excluding hydrogens is 338 g/mol. The van der Waals surface area contributed by atoms with Gasteiger partial charge in [-0.25, -0.2) is 0 Å². The van der Waals surface area contributed by atoms with Crippen LogP contribution in [-0.2, 0) is 20.7 Å². The lowest BCUT2D eigenvalue weighted by Crippen LogP contribution is -2.35. The average Bonchev–Trinajstić information content (AvgIpc) is 2.73. The van der Waals surface area contributed by atoms with E-state index in [0.717, 1.165) is 37.8 Å². The van der Waals surface area contributed by atoms with Gasteiger partial charge in [0.15, 0.2) is 5.78 Å². The summed E-state index contributed by atoms with van der Waals surface area (Å²) < 4.78 is 5.20. The number of nitrogens with zero attached hydrogens (tertiary/aromatic N) is 1. The number of carbonyl (C=O) groups excluding carboxylic acids is 2. The quantitative estimate of drug-likeness (QED) is 0.532. The van der Waals surface area contributed by atoms with Crippen LogP contribution < -0.4 is 0 Å². The zero-order valence-corrected chi connectivity index (χ0v) is 16.0.